The first-order valence-electron chi connectivity index (χ1n) is 6.62. The minimum absolute atomic E-state index is 0.118. The number of ketones is 1. The number of halogens is 5. The van der Waals surface area contributed by atoms with Crippen LogP contribution in [0.5, 0.6) is 5.75 Å². The maximum Gasteiger partial charge on any atom is 0.416 e. The van der Waals surface area contributed by atoms with Crippen molar-refractivity contribution >= 4 is 5.78 Å². The number of rotatable bonds is 1. The Bertz CT molecular complexity index is 783. The van der Waals surface area contributed by atoms with Gasteiger partial charge in [0.25, 0.3) is 0 Å². The summed E-state index contributed by atoms with van der Waals surface area (Å²) in [6, 6.07) is 5.82. The molecule has 2 nitrogen and oxygen atoms in total. The zero-order valence-corrected chi connectivity index (χ0v) is 11.5. The van der Waals surface area contributed by atoms with Crippen molar-refractivity contribution in [1.29, 1.82) is 0 Å². The lowest BCUT2D eigenvalue weighted by Crippen LogP contribution is -2.21. The van der Waals surface area contributed by atoms with E-state index in [1.165, 1.54) is 12.1 Å². The van der Waals surface area contributed by atoms with E-state index in [0.717, 1.165) is 24.3 Å². The molecule has 0 N–H and O–H groups in total. The van der Waals surface area contributed by atoms with Crippen LogP contribution in [0.15, 0.2) is 36.4 Å². The molecule has 0 aliphatic carbocycles. The molecular formula is C16H9F5O2. The minimum atomic E-state index is -4.53. The van der Waals surface area contributed by atoms with Crippen LogP contribution in [0.3, 0.4) is 0 Å². The van der Waals surface area contributed by atoms with E-state index in [1.54, 1.807) is 0 Å². The lowest BCUT2D eigenvalue weighted by atomic mass is 9.95. The van der Waals surface area contributed by atoms with Crippen molar-refractivity contribution in [2.75, 3.05) is 0 Å². The van der Waals surface area contributed by atoms with E-state index in [2.05, 4.69) is 0 Å². The summed E-state index contributed by atoms with van der Waals surface area (Å²) < 4.78 is 70.1. The van der Waals surface area contributed by atoms with Crippen molar-refractivity contribution in [3.05, 3.63) is 64.7 Å². The standard InChI is InChI=1S/C16H9F5O2/c17-11-5-10-13(22)7-14(23-15(10)6-12(11)18)8-2-1-3-9(4-8)16(19,20)21/h1-6,14H,7H2. The van der Waals surface area contributed by atoms with E-state index < -0.39 is 35.3 Å². The highest BCUT2D eigenvalue weighted by atomic mass is 19.4. The first-order valence-corrected chi connectivity index (χ1v) is 6.62. The largest absolute Gasteiger partial charge is 0.484 e. The molecule has 2 aromatic carbocycles. The Morgan fingerprint density at radius 1 is 1.04 bits per heavy atom. The van der Waals surface area contributed by atoms with E-state index in [9.17, 15) is 26.7 Å². The Kier molecular flexibility index (Phi) is 3.58. The van der Waals surface area contributed by atoms with Crippen LogP contribution < -0.4 is 4.74 Å². The Morgan fingerprint density at radius 2 is 1.74 bits per heavy atom. The number of hydrogen-bond acceptors (Lipinski definition) is 2. The Labute approximate surface area is 127 Å². The van der Waals surface area contributed by atoms with Gasteiger partial charge in [-0.25, -0.2) is 8.78 Å². The quantitative estimate of drug-likeness (QED) is 0.710. The number of fused-ring (bicyclic) bond motifs is 1. The number of carbonyl (C=O) groups excluding carboxylic acids is 1. The smallest absolute Gasteiger partial charge is 0.416 e. The highest BCUT2D eigenvalue weighted by Gasteiger charge is 2.33. The molecule has 0 aromatic heterocycles. The van der Waals surface area contributed by atoms with Gasteiger partial charge in [-0.3, -0.25) is 4.79 Å². The number of hydrogen-bond donors (Lipinski definition) is 0. The lowest BCUT2D eigenvalue weighted by molar-refractivity contribution is -0.137. The molecule has 0 fully saturated rings. The van der Waals surface area contributed by atoms with Gasteiger partial charge >= 0.3 is 6.18 Å². The van der Waals surface area contributed by atoms with Gasteiger partial charge in [-0.15, -0.1) is 0 Å². The van der Waals surface area contributed by atoms with Gasteiger partial charge in [0, 0.05) is 6.07 Å². The SMILES string of the molecule is O=C1CC(c2cccc(C(F)(F)F)c2)Oc2cc(F)c(F)cc21. The van der Waals surface area contributed by atoms with Crippen molar-refractivity contribution in [1.82, 2.24) is 0 Å². The maximum absolute atomic E-state index is 13.3. The van der Waals surface area contributed by atoms with Gasteiger partial charge in [0.1, 0.15) is 11.9 Å². The molecule has 23 heavy (non-hydrogen) atoms. The lowest BCUT2D eigenvalue weighted by Gasteiger charge is -2.26. The molecule has 1 unspecified atom stereocenters. The number of Topliss-reactive ketones (excluding diaryl/α,β-unsaturated/α-hetero) is 1. The molecule has 120 valence electrons. The highest BCUT2D eigenvalue weighted by molar-refractivity contribution is 6.00. The topological polar surface area (TPSA) is 26.3 Å². The molecule has 0 spiro atoms. The second-order valence-corrected chi connectivity index (χ2v) is 5.12. The molecule has 3 rings (SSSR count). The highest BCUT2D eigenvalue weighted by Crippen LogP contribution is 2.38. The van der Waals surface area contributed by atoms with Crippen LogP contribution in [0.2, 0.25) is 0 Å². The van der Waals surface area contributed by atoms with Crippen LogP contribution in [-0.4, -0.2) is 5.78 Å². The van der Waals surface area contributed by atoms with Crippen molar-refractivity contribution in [3.8, 4) is 5.75 Å². The van der Waals surface area contributed by atoms with Crippen LogP contribution in [0, 0.1) is 11.6 Å². The van der Waals surface area contributed by atoms with Gasteiger partial charge in [0.2, 0.25) is 0 Å². The average Bonchev–Trinajstić information content (AvgIpc) is 2.48. The summed E-state index contributed by atoms with van der Waals surface area (Å²) in [7, 11) is 0. The third-order valence-electron chi connectivity index (χ3n) is 3.55. The van der Waals surface area contributed by atoms with Crippen LogP contribution in [-0.2, 0) is 6.18 Å². The van der Waals surface area contributed by atoms with Crippen molar-refractivity contribution in [2.24, 2.45) is 0 Å². The predicted molar refractivity (Wildman–Crippen MR) is 70.1 cm³/mol. The zero-order valence-electron chi connectivity index (χ0n) is 11.5. The monoisotopic (exact) mass is 328 g/mol. The van der Waals surface area contributed by atoms with E-state index in [1.807, 2.05) is 0 Å². The van der Waals surface area contributed by atoms with Crippen LogP contribution in [0.25, 0.3) is 0 Å². The van der Waals surface area contributed by atoms with Gasteiger partial charge < -0.3 is 4.74 Å². The van der Waals surface area contributed by atoms with E-state index in [0.29, 0.717) is 0 Å². The second kappa shape index (κ2) is 5.33. The summed E-state index contributed by atoms with van der Waals surface area (Å²) in [5.74, 6) is -3.07. The molecule has 1 aliphatic rings. The maximum atomic E-state index is 13.3. The fraction of sp³-hybridized carbons (Fsp3) is 0.188. The molecule has 2 aromatic rings. The summed E-state index contributed by atoms with van der Waals surface area (Å²) in [6.07, 6.45) is -5.76. The summed E-state index contributed by atoms with van der Waals surface area (Å²) in [5.41, 5.74) is -0.849. The fourth-order valence-electron chi connectivity index (χ4n) is 2.42. The molecule has 1 atom stereocenters. The predicted octanol–water partition coefficient (Wildman–Crippen LogP) is 4.69. The molecule has 0 saturated heterocycles. The number of ether oxygens (including phenoxy) is 1. The van der Waals surface area contributed by atoms with Gasteiger partial charge in [0.15, 0.2) is 17.4 Å². The third kappa shape index (κ3) is 2.91. The molecule has 0 saturated carbocycles. The summed E-state index contributed by atoms with van der Waals surface area (Å²) in [4.78, 5) is 12.0. The molecule has 7 heteroatoms. The van der Waals surface area contributed by atoms with E-state index in [-0.39, 0.29) is 23.3 Å². The van der Waals surface area contributed by atoms with Crippen molar-refractivity contribution in [2.45, 2.75) is 18.7 Å². The summed E-state index contributed by atoms with van der Waals surface area (Å²) in [5, 5.41) is 0. The van der Waals surface area contributed by atoms with Gasteiger partial charge in [0.05, 0.1) is 17.5 Å². The summed E-state index contributed by atoms with van der Waals surface area (Å²) in [6.45, 7) is 0. The Balaban J connectivity index is 1.97. The van der Waals surface area contributed by atoms with Crippen molar-refractivity contribution in [3.63, 3.8) is 0 Å². The zero-order chi connectivity index (χ0) is 16.8. The first-order chi connectivity index (χ1) is 10.8. The van der Waals surface area contributed by atoms with Crippen LogP contribution in [0.4, 0.5) is 22.0 Å². The van der Waals surface area contributed by atoms with Gasteiger partial charge in [-0.05, 0) is 23.8 Å². The van der Waals surface area contributed by atoms with Gasteiger partial charge in [-0.2, -0.15) is 13.2 Å². The van der Waals surface area contributed by atoms with E-state index >= 15 is 0 Å². The third-order valence-corrected chi connectivity index (χ3v) is 3.55. The number of carbonyl (C=O) groups is 1. The number of benzene rings is 2. The van der Waals surface area contributed by atoms with Crippen molar-refractivity contribution < 1.29 is 31.5 Å². The Hall–Kier alpha value is -2.44. The molecule has 1 aliphatic heterocycles. The minimum Gasteiger partial charge on any atom is -0.484 e. The van der Waals surface area contributed by atoms with Crippen LogP contribution >= 0.6 is 0 Å². The number of alkyl halides is 3. The molecule has 0 radical (unpaired) electrons. The molecule has 1 heterocycles. The average molecular weight is 328 g/mol. The second-order valence-electron chi connectivity index (χ2n) is 5.12. The molecular weight excluding hydrogens is 319 g/mol. The van der Waals surface area contributed by atoms with Gasteiger partial charge in [-0.1, -0.05) is 12.1 Å². The fourth-order valence-corrected chi connectivity index (χ4v) is 2.42. The molecule has 0 amide bonds. The summed E-state index contributed by atoms with van der Waals surface area (Å²) >= 11 is 0. The molecule has 0 bridgehead atoms. The normalized spacial score (nSPS) is 17.6. The Morgan fingerprint density at radius 3 is 2.43 bits per heavy atom. The van der Waals surface area contributed by atoms with E-state index in [4.69, 9.17) is 4.74 Å². The van der Waals surface area contributed by atoms with Crippen LogP contribution in [0.1, 0.15) is 34.0 Å². The first kappa shape index (κ1) is 15.5.